The molecule has 2 heterocycles. The third-order valence-electron chi connectivity index (χ3n) is 4.91. The largest absolute Gasteiger partial charge is 0.509 e. The van der Waals surface area contributed by atoms with E-state index in [2.05, 4.69) is 0 Å². The van der Waals surface area contributed by atoms with Gasteiger partial charge in [-0.25, -0.2) is 14.4 Å². The van der Waals surface area contributed by atoms with Crippen LogP contribution in [0.15, 0.2) is 30.3 Å². The van der Waals surface area contributed by atoms with E-state index in [1.165, 1.54) is 4.90 Å². The lowest BCUT2D eigenvalue weighted by Gasteiger charge is -2.35. The number of carboxylic acid groups (broad SMARTS) is 1. The molecule has 9 heteroatoms. The average Bonchev–Trinajstić information content (AvgIpc) is 3.11. The van der Waals surface area contributed by atoms with Crippen molar-refractivity contribution < 1.29 is 38.4 Å². The fourth-order valence-corrected chi connectivity index (χ4v) is 3.83. The first-order chi connectivity index (χ1) is 13.9. The molecule has 2 aliphatic heterocycles. The second-order valence-electron chi connectivity index (χ2n) is 8.85. The monoisotopic (exact) mass is 421 g/mol. The number of amides is 1. The SMILES string of the molecule is CC(C)(C)OC(=O)N1C(Cc2ccccc2)C(C2OC(=O)OC2C(=O)O)OC1(C)C. The van der Waals surface area contributed by atoms with E-state index in [0.717, 1.165) is 5.56 Å². The van der Waals surface area contributed by atoms with E-state index in [4.69, 9.17) is 18.9 Å². The molecule has 30 heavy (non-hydrogen) atoms. The van der Waals surface area contributed by atoms with Gasteiger partial charge in [-0.2, -0.15) is 0 Å². The van der Waals surface area contributed by atoms with Gasteiger partial charge in [-0.3, -0.25) is 4.90 Å². The van der Waals surface area contributed by atoms with Crippen molar-refractivity contribution in [2.45, 2.75) is 76.7 Å². The molecule has 0 radical (unpaired) electrons. The Balaban J connectivity index is 1.99. The van der Waals surface area contributed by atoms with Gasteiger partial charge in [0.2, 0.25) is 6.10 Å². The highest BCUT2D eigenvalue weighted by Gasteiger charge is 2.59. The number of hydrogen-bond acceptors (Lipinski definition) is 7. The predicted octanol–water partition coefficient (Wildman–Crippen LogP) is 2.96. The molecular formula is C21H27NO8. The molecule has 1 aromatic carbocycles. The maximum Gasteiger partial charge on any atom is 0.509 e. The number of rotatable bonds is 4. The molecule has 0 bridgehead atoms. The summed E-state index contributed by atoms with van der Waals surface area (Å²) in [4.78, 5) is 37.8. The highest BCUT2D eigenvalue weighted by atomic mass is 16.8. The van der Waals surface area contributed by atoms with E-state index in [1.54, 1.807) is 34.6 Å². The molecule has 4 atom stereocenters. The topological polar surface area (TPSA) is 112 Å². The number of carboxylic acids is 1. The molecule has 0 saturated carbocycles. The van der Waals surface area contributed by atoms with Crippen molar-refractivity contribution in [3.05, 3.63) is 35.9 Å². The van der Waals surface area contributed by atoms with E-state index in [1.807, 2.05) is 30.3 Å². The average molecular weight is 421 g/mol. The predicted molar refractivity (Wildman–Crippen MR) is 104 cm³/mol. The van der Waals surface area contributed by atoms with Gasteiger partial charge in [0, 0.05) is 0 Å². The number of ether oxygens (including phenoxy) is 4. The van der Waals surface area contributed by atoms with E-state index < -0.39 is 53.9 Å². The number of benzene rings is 1. The molecule has 0 spiro atoms. The minimum Gasteiger partial charge on any atom is -0.478 e. The normalized spacial score (nSPS) is 28.0. The van der Waals surface area contributed by atoms with Gasteiger partial charge in [-0.15, -0.1) is 0 Å². The van der Waals surface area contributed by atoms with Gasteiger partial charge in [-0.05, 0) is 46.6 Å². The summed E-state index contributed by atoms with van der Waals surface area (Å²) < 4.78 is 21.7. The number of nitrogens with zero attached hydrogens (tertiary/aromatic N) is 1. The maximum atomic E-state index is 13.1. The Hall–Kier alpha value is -2.81. The second-order valence-corrected chi connectivity index (χ2v) is 8.85. The summed E-state index contributed by atoms with van der Waals surface area (Å²) in [5, 5.41) is 9.48. The van der Waals surface area contributed by atoms with Gasteiger partial charge in [-0.1, -0.05) is 30.3 Å². The summed E-state index contributed by atoms with van der Waals surface area (Å²) in [5.74, 6) is -1.35. The summed E-state index contributed by atoms with van der Waals surface area (Å²) >= 11 is 0. The zero-order valence-corrected chi connectivity index (χ0v) is 17.7. The summed E-state index contributed by atoms with van der Waals surface area (Å²) in [7, 11) is 0. The number of cyclic esters (lactones) is 2. The van der Waals surface area contributed by atoms with Crippen molar-refractivity contribution in [2.24, 2.45) is 0 Å². The maximum absolute atomic E-state index is 13.1. The van der Waals surface area contributed by atoms with Crippen LogP contribution in [0.1, 0.15) is 40.2 Å². The molecular weight excluding hydrogens is 394 g/mol. The summed E-state index contributed by atoms with van der Waals surface area (Å²) in [5.41, 5.74) is -0.973. The van der Waals surface area contributed by atoms with Crippen LogP contribution >= 0.6 is 0 Å². The van der Waals surface area contributed by atoms with E-state index in [9.17, 15) is 19.5 Å². The van der Waals surface area contributed by atoms with Crippen LogP contribution in [0.3, 0.4) is 0 Å². The molecule has 2 aliphatic rings. The Bertz CT molecular complexity index is 816. The fourth-order valence-electron chi connectivity index (χ4n) is 3.83. The smallest absolute Gasteiger partial charge is 0.478 e. The van der Waals surface area contributed by atoms with E-state index in [-0.39, 0.29) is 0 Å². The van der Waals surface area contributed by atoms with Crippen molar-refractivity contribution in [3.8, 4) is 0 Å². The van der Waals surface area contributed by atoms with Crippen molar-refractivity contribution in [1.82, 2.24) is 4.90 Å². The van der Waals surface area contributed by atoms with Crippen LogP contribution in [0, 0.1) is 0 Å². The molecule has 164 valence electrons. The van der Waals surface area contributed by atoms with Crippen molar-refractivity contribution in [3.63, 3.8) is 0 Å². The third-order valence-corrected chi connectivity index (χ3v) is 4.91. The standard InChI is InChI=1S/C21H27NO8/c1-20(2,3)30-18(25)22-13(11-12-9-7-6-8-10-12)14(29-21(22,4)5)15-16(17(23)24)28-19(26)27-15/h6-10,13-16H,11H2,1-5H3,(H,23,24). The van der Waals surface area contributed by atoms with Crippen LogP contribution in [0.25, 0.3) is 0 Å². The molecule has 1 N–H and O–H groups in total. The summed E-state index contributed by atoms with van der Waals surface area (Å²) in [6.07, 6.45) is -5.02. The Morgan fingerprint density at radius 1 is 1.13 bits per heavy atom. The number of hydrogen-bond donors (Lipinski definition) is 1. The van der Waals surface area contributed by atoms with Crippen molar-refractivity contribution >= 4 is 18.2 Å². The third kappa shape index (κ3) is 4.51. The quantitative estimate of drug-likeness (QED) is 0.739. The Labute approximate surface area is 174 Å². The summed E-state index contributed by atoms with van der Waals surface area (Å²) in [6.45, 7) is 8.63. The van der Waals surface area contributed by atoms with Gasteiger partial charge in [0.05, 0.1) is 6.04 Å². The van der Waals surface area contributed by atoms with Crippen LogP contribution in [0.5, 0.6) is 0 Å². The fraction of sp³-hybridized carbons (Fsp3) is 0.571. The highest BCUT2D eigenvalue weighted by molar-refractivity contribution is 5.79. The number of carbonyl (C=O) groups is 3. The van der Waals surface area contributed by atoms with E-state index >= 15 is 0 Å². The summed E-state index contributed by atoms with van der Waals surface area (Å²) in [6, 6.07) is 8.72. The molecule has 2 saturated heterocycles. The number of carbonyl (C=O) groups excluding carboxylic acids is 2. The number of aliphatic carboxylic acids is 1. The van der Waals surface area contributed by atoms with Crippen LogP contribution in [0.4, 0.5) is 9.59 Å². The Morgan fingerprint density at radius 3 is 2.33 bits per heavy atom. The zero-order chi connectivity index (χ0) is 22.3. The highest BCUT2D eigenvalue weighted by Crippen LogP contribution is 2.39. The van der Waals surface area contributed by atoms with E-state index in [0.29, 0.717) is 6.42 Å². The Kier molecular flexibility index (Phi) is 5.68. The molecule has 0 aliphatic carbocycles. The van der Waals surface area contributed by atoms with Gasteiger partial charge < -0.3 is 24.1 Å². The van der Waals surface area contributed by atoms with Crippen molar-refractivity contribution in [1.29, 1.82) is 0 Å². The zero-order valence-electron chi connectivity index (χ0n) is 17.7. The minimum absolute atomic E-state index is 0.342. The van der Waals surface area contributed by atoms with Gasteiger partial charge >= 0.3 is 18.2 Å². The lowest BCUT2D eigenvalue weighted by Crippen LogP contribution is -2.52. The van der Waals surface area contributed by atoms with Gasteiger partial charge in [0.1, 0.15) is 17.4 Å². The molecule has 9 nitrogen and oxygen atoms in total. The molecule has 1 aromatic rings. The molecule has 1 amide bonds. The molecule has 2 fully saturated rings. The minimum atomic E-state index is -1.53. The lowest BCUT2D eigenvalue weighted by atomic mass is 9.94. The molecule has 4 unspecified atom stereocenters. The molecule has 3 rings (SSSR count). The van der Waals surface area contributed by atoms with Gasteiger partial charge in [0.15, 0.2) is 6.10 Å². The first-order valence-corrected chi connectivity index (χ1v) is 9.73. The van der Waals surface area contributed by atoms with Gasteiger partial charge in [0.25, 0.3) is 0 Å². The lowest BCUT2D eigenvalue weighted by molar-refractivity contribution is -0.151. The van der Waals surface area contributed by atoms with Crippen LogP contribution in [-0.2, 0) is 30.2 Å². The first-order valence-electron chi connectivity index (χ1n) is 9.73. The van der Waals surface area contributed by atoms with Crippen LogP contribution in [-0.4, -0.2) is 63.9 Å². The molecule has 0 aromatic heterocycles. The second kappa shape index (κ2) is 7.79. The Morgan fingerprint density at radius 2 is 1.77 bits per heavy atom. The van der Waals surface area contributed by atoms with Crippen molar-refractivity contribution in [2.75, 3.05) is 0 Å². The van der Waals surface area contributed by atoms with Crippen LogP contribution < -0.4 is 0 Å². The first kappa shape index (κ1) is 21.9. The van der Waals surface area contributed by atoms with Crippen LogP contribution in [0.2, 0.25) is 0 Å².